The largest absolute Gasteiger partial charge is 0.456 e. The summed E-state index contributed by atoms with van der Waals surface area (Å²) >= 11 is 2.17. The summed E-state index contributed by atoms with van der Waals surface area (Å²) in [7, 11) is 0. The summed E-state index contributed by atoms with van der Waals surface area (Å²) in [4.78, 5) is 0. The molecule has 84 valence electrons. The van der Waals surface area contributed by atoms with Gasteiger partial charge in [0.1, 0.15) is 23.4 Å². The molecule has 0 fully saturated rings. The zero-order valence-electron chi connectivity index (χ0n) is 8.65. The number of rotatable bonds is 2. The predicted octanol–water partition coefficient (Wildman–Crippen LogP) is 4.09. The number of halogens is 2. The minimum atomic E-state index is -0.448. The molecule has 0 heterocycles. The molecular formula is C13H7FINO. The lowest BCUT2D eigenvalue weighted by Crippen LogP contribution is -1.89. The molecular weight excluding hydrogens is 332 g/mol. The Kier molecular flexibility index (Phi) is 3.59. The third-order valence-electron chi connectivity index (χ3n) is 2.09. The van der Waals surface area contributed by atoms with Gasteiger partial charge in [0.05, 0.1) is 5.56 Å². The average molecular weight is 339 g/mol. The lowest BCUT2D eigenvalue weighted by atomic mass is 10.2. The minimum absolute atomic E-state index is 0.184. The fraction of sp³-hybridized carbons (Fsp3) is 0. The normalized spacial score (nSPS) is 9.71. The summed E-state index contributed by atoms with van der Waals surface area (Å²) < 4.78 is 19.5. The second-order valence-corrected chi connectivity index (χ2v) is 4.56. The molecule has 2 aromatic carbocycles. The molecule has 0 unspecified atom stereocenters. The molecule has 2 nitrogen and oxygen atoms in total. The Bertz CT molecular complexity index is 592. The van der Waals surface area contributed by atoms with Crippen molar-refractivity contribution >= 4 is 22.6 Å². The van der Waals surface area contributed by atoms with Crippen molar-refractivity contribution in [3.8, 4) is 17.6 Å². The van der Waals surface area contributed by atoms with Gasteiger partial charge in [-0.25, -0.2) is 4.39 Å². The van der Waals surface area contributed by atoms with E-state index in [2.05, 4.69) is 22.6 Å². The van der Waals surface area contributed by atoms with Crippen molar-refractivity contribution in [2.24, 2.45) is 0 Å². The van der Waals surface area contributed by atoms with Crippen LogP contribution in [0.15, 0.2) is 42.5 Å². The van der Waals surface area contributed by atoms with E-state index in [4.69, 9.17) is 10.00 Å². The quantitative estimate of drug-likeness (QED) is 0.772. The van der Waals surface area contributed by atoms with Crippen LogP contribution in [0.1, 0.15) is 5.56 Å². The number of hydrogen-bond acceptors (Lipinski definition) is 2. The van der Waals surface area contributed by atoms with Gasteiger partial charge in [-0.05, 0) is 59.0 Å². The predicted molar refractivity (Wildman–Crippen MR) is 70.3 cm³/mol. The number of nitriles is 1. The van der Waals surface area contributed by atoms with E-state index in [0.717, 1.165) is 9.64 Å². The Labute approximate surface area is 112 Å². The highest BCUT2D eigenvalue weighted by Crippen LogP contribution is 2.26. The van der Waals surface area contributed by atoms with Crippen molar-refractivity contribution in [2.75, 3.05) is 0 Å². The lowest BCUT2D eigenvalue weighted by Gasteiger charge is -2.07. The maximum absolute atomic E-state index is 12.9. The topological polar surface area (TPSA) is 33.0 Å². The first kappa shape index (κ1) is 11.9. The van der Waals surface area contributed by atoms with Crippen LogP contribution in [-0.2, 0) is 0 Å². The van der Waals surface area contributed by atoms with E-state index < -0.39 is 5.82 Å². The summed E-state index contributed by atoms with van der Waals surface area (Å²) in [5.41, 5.74) is 0.184. The highest BCUT2D eigenvalue weighted by Gasteiger charge is 2.06. The maximum Gasteiger partial charge on any atom is 0.145 e. The van der Waals surface area contributed by atoms with E-state index in [0.29, 0.717) is 11.5 Å². The van der Waals surface area contributed by atoms with Crippen LogP contribution in [0, 0.1) is 20.7 Å². The van der Waals surface area contributed by atoms with Gasteiger partial charge in [-0.15, -0.1) is 0 Å². The number of hydrogen-bond donors (Lipinski definition) is 0. The van der Waals surface area contributed by atoms with Crippen molar-refractivity contribution in [1.29, 1.82) is 5.26 Å². The number of benzene rings is 2. The molecule has 0 saturated carbocycles. The highest BCUT2D eigenvalue weighted by molar-refractivity contribution is 14.1. The van der Waals surface area contributed by atoms with E-state index in [9.17, 15) is 4.39 Å². The molecule has 17 heavy (non-hydrogen) atoms. The first-order chi connectivity index (χ1) is 8.19. The Hall–Kier alpha value is -1.61. The molecule has 0 aliphatic carbocycles. The van der Waals surface area contributed by atoms with Crippen LogP contribution in [0.3, 0.4) is 0 Å². The molecule has 0 aromatic heterocycles. The Morgan fingerprint density at radius 1 is 1.18 bits per heavy atom. The Morgan fingerprint density at radius 3 is 2.71 bits per heavy atom. The molecule has 2 aromatic rings. The number of ether oxygens (including phenoxy) is 1. The summed E-state index contributed by atoms with van der Waals surface area (Å²) in [5, 5.41) is 8.88. The molecule has 2 rings (SSSR count). The van der Waals surface area contributed by atoms with Gasteiger partial charge in [0.2, 0.25) is 0 Å². The van der Waals surface area contributed by atoms with Crippen molar-refractivity contribution in [2.45, 2.75) is 0 Å². The van der Waals surface area contributed by atoms with Crippen LogP contribution in [0.2, 0.25) is 0 Å². The molecule has 0 aliphatic rings. The first-order valence-corrected chi connectivity index (χ1v) is 5.90. The van der Waals surface area contributed by atoms with E-state index in [1.165, 1.54) is 12.1 Å². The van der Waals surface area contributed by atoms with Gasteiger partial charge in [-0.3, -0.25) is 0 Å². The van der Waals surface area contributed by atoms with Gasteiger partial charge in [-0.2, -0.15) is 5.26 Å². The lowest BCUT2D eigenvalue weighted by molar-refractivity contribution is 0.478. The monoisotopic (exact) mass is 339 g/mol. The smallest absolute Gasteiger partial charge is 0.145 e. The van der Waals surface area contributed by atoms with Crippen molar-refractivity contribution < 1.29 is 9.13 Å². The van der Waals surface area contributed by atoms with Crippen LogP contribution >= 0.6 is 22.6 Å². The fourth-order valence-electron chi connectivity index (χ4n) is 1.34. The second kappa shape index (κ2) is 5.15. The summed E-state index contributed by atoms with van der Waals surface area (Å²) in [6.07, 6.45) is 0. The van der Waals surface area contributed by atoms with E-state index in [-0.39, 0.29) is 5.56 Å². The third kappa shape index (κ3) is 2.94. The molecule has 0 saturated heterocycles. The summed E-state index contributed by atoms with van der Waals surface area (Å²) in [5.74, 6) is 0.535. The van der Waals surface area contributed by atoms with E-state index >= 15 is 0 Å². The van der Waals surface area contributed by atoms with Crippen LogP contribution in [0.4, 0.5) is 4.39 Å². The second-order valence-electron chi connectivity index (χ2n) is 3.31. The summed E-state index contributed by atoms with van der Waals surface area (Å²) in [6.45, 7) is 0. The van der Waals surface area contributed by atoms with Gasteiger partial charge in [-0.1, -0.05) is 6.07 Å². The Morgan fingerprint density at radius 2 is 2.00 bits per heavy atom. The zero-order valence-corrected chi connectivity index (χ0v) is 10.8. The van der Waals surface area contributed by atoms with Crippen molar-refractivity contribution in [3.05, 3.63) is 57.4 Å². The molecule has 0 bridgehead atoms. The zero-order chi connectivity index (χ0) is 12.3. The molecule has 0 atom stereocenters. The first-order valence-electron chi connectivity index (χ1n) is 4.82. The SMILES string of the molecule is N#Cc1cc(F)ccc1Oc1cccc(I)c1. The van der Waals surface area contributed by atoms with Crippen LogP contribution in [0.25, 0.3) is 0 Å². The van der Waals surface area contributed by atoms with Crippen molar-refractivity contribution in [1.82, 2.24) is 0 Å². The van der Waals surface area contributed by atoms with Crippen LogP contribution in [-0.4, -0.2) is 0 Å². The molecule has 4 heteroatoms. The molecule has 0 N–H and O–H groups in total. The number of nitrogens with zero attached hydrogens (tertiary/aromatic N) is 1. The van der Waals surface area contributed by atoms with Crippen LogP contribution < -0.4 is 4.74 Å². The maximum atomic E-state index is 12.9. The fourth-order valence-corrected chi connectivity index (χ4v) is 1.85. The Balaban J connectivity index is 2.34. The van der Waals surface area contributed by atoms with Crippen LogP contribution in [0.5, 0.6) is 11.5 Å². The van der Waals surface area contributed by atoms with Gasteiger partial charge in [0.25, 0.3) is 0 Å². The molecule has 0 radical (unpaired) electrons. The van der Waals surface area contributed by atoms with Gasteiger partial charge < -0.3 is 4.74 Å². The van der Waals surface area contributed by atoms with E-state index in [1.807, 2.05) is 24.3 Å². The highest BCUT2D eigenvalue weighted by atomic mass is 127. The minimum Gasteiger partial charge on any atom is -0.456 e. The molecule has 0 aliphatic heterocycles. The molecule has 0 spiro atoms. The van der Waals surface area contributed by atoms with Gasteiger partial charge >= 0.3 is 0 Å². The van der Waals surface area contributed by atoms with Crippen molar-refractivity contribution in [3.63, 3.8) is 0 Å². The van der Waals surface area contributed by atoms with E-state index in [1.54, 1.807) is 6.07 Å². The molecule has 0 amide bonds. The van der Waals surface area contributed by atoms with Gasteiger partial charge in [0.15, 0.2) is 0 Å². The summed E-state index contributed by atoms with van der Waals surface area (Å²) in [6, 6.07) is 13.2. The third-order valence-corrected chi connectivity index (χ3v) is 2.76. The standard InChI is InChI=1S/C13H7FINO/c14-10-4-5-13(9(6-10)8-16)17-12-3-1-2-11(15)7-12/h1-7H. The van der Waals surface area contributed by atoms with Gasteiger partial charge in [0, 0.05) is 3.57 Å². The average Bonchev–Trinajstić information content (AvgIpc) is 2.31.